The number of halogens is 6. The fourth-order valence-corrected chi connectivity index (χ4v) is 2.49. The van der Waals surface area contributed by atoms with Crippen molar-refractivity contribution in [2.24, 2.45) is 5.41 Å². The molecule has 0 bridgehead atoms. The van der Waals surface area contributed by atoms with E-state index in [0.717, 1.165) is 30.6 Å². The van der Waals surface area contributed by atoms with E-state index in [1.165, 1.54) is 0 Å². The predicted octanol–water partition coefficient (Wildman–Crippen LogP) is 6.11. The van der Waals surface area contributed by atoms with Crippen molar-refractivity contribution in [1.82, 2.24) is 4.90 Å². The minimum atomic E-state index is -5.69. The van der Waals surface area contributed by atoms with Crippen molar-refractivity contribution < 1.29 is 31.1 Å². The third-order valence-corrected chi connectivity index (χ3v) is 4.41. The van der Waals surface area contributed by atoms with Gasteiger partial charge in [0.1, 0.15) is 0 Å². The van der Waals surface area contributed by atoms with Crippen molar-refractivity contribution in [2.75, 3.05) is 13.1 Å². The Kier molecular flexibility index (Phi) is 9.87. The molecule has 0 unspecified atom stereocenters. The maximum atomic E-state index is 13.1. The molecule has 25 heavy (non-hydrogen) atoms. The molecule has 0 atom stereocenters. The number of carbonyl (C=O) groups is 1. The first-order valence-electron chi connectivity index (χ1n) is 8.86. The lowest BCUT2D eigenvalue weighted by molar-refractivity contribution is -0.322. The van der Waals surface area contributed by atoms with Gasteiger partial charge in [-0.2, -0.15) is 26.3 Å². The molecule has 2 nitrogen and oxygen atoms in total. The van der Waals surface area contributed by atoms with Crippen molar-refractivity contribution in [3.8, 4) is 0 Å². The van der Waals surface area contributed by atoms with Gasteiger partial charge >= 0.3 is 12.4 Å². The Balaban J connectivity index is 5.30. The Morgan fingerprint density at radius 3 is 1.36 bits per heavy atom. The molecule has 150 valence electrons. The smallest absolute Gasteiger partial charge is 0.342 e. The van der Waals surface area contributed by atoms with Crippen LogP contribution < -0.4 is 0 Å². The van der Waals surface area contributed by atoms with Gasteiger partial charge in [-0.1, -0.05) is 52.4 Å². The van der Waals surface area contributed by atoms with Crippen LogP contribution in [0.1, 0.15) is 72.1 Å². The van der Waals surface area contributed by atoms with Crippen LogP contribution in [0.5, 0.6) is 0 Å². The fourth-order valence-electron chi connectivity index (χ4n) is 2.49. The summed E-state index contributed by atoms with van der Waals surface area (Å²) in [6.45, 7) is 3.68. The SMILES string of the molecule is CCCCCCN(CCCCCC)C(=O)C(C)(C(F)(F)F)C(F)(F)F. The van der Waals surface area contributed by atoms with E-state index in [0.29, 0.717) is 25.7 Å². The Morgan fingerprint density at radius 2 is 1.08 bits per heavy atom. The number of hydrogen-bond acceptors (Lipinski definition) is 1. The topological polar surface area (TPSA) is 20.3 Å². The van der Waals surface area contributed by atoms with Gasteiger partial charge in [0.25, 0.3) is 0 Å². The summed E-state index contributed by atoms with van der Waals surface area (Å²) >= 11 is 0. The molecule has 0 aromatic carbocycles. The lowest BCUT2D eigenvalue weighted by Crippen LogP contribution is -2.58. The van der Waals surface area contributed by atoms with Crippen molar-refractivity contribution in [1.29, 1.82) is 0 Å². The lowest BCUT2D eigenvalue weighted by Gasteiger charge is -2.37. The molecule has 0 fully saturated rings. The first kappa shape index (κ1) is 24.1. The summed E-state index contributed by atoms with van der Waals surface area (Å²) in [6, 6.07) is 0. The van der Waals surface area contributed by atoms with Gasteiger partial charge in [0.05, 0.1) is 0 Å². The maximum Gasteiger partial charge on any atom is 0.411 e. The molecule has 1 amide bonds. The van der Waals surface area contributed by atoms with Gasteiger partial charge < -0.3 is 4.90 Å². The summed E-state index contributed by atoms with van der Waals surface area (Å²) in [6.07, 6.45) is -5.81. The van der Waals surface area contributed by atoms with Crippen LogP contribution in [0.3, 0.4) is 0 Å². The van der Waals surface area contributed by atoms with Crippen LogP contribution in [0.25, 0.3) is 0 Å². The second-order valence-electron chi connectivity index (χ2n) is 6.53. The Bertz CT molecular complexity index is 366. The lowest BCUT2D eigenvalue weighted by atomic mass is 9.86. The summed E-state index contributed by atoms with van der Waals surface area (Å²) in [4.78, 5) is 13.0. The molecule has 0 rings (SSSR count). The number of nitrogens with zero attached hydrogens (tertiary/aromatic N) is 1. The quantitative estimate of drug-likeness (QED) is 0.314. The number of amides is 1. The van der Waals surface area contributed by atoms with Gasteiger partial charge in [-0.15, -0.1) is 0 Å². The minimum absolute atomic E-state index is 0.0551. The molecule has 0 aromatic rings. The third kappa shape index (κ3) is 6.70. The second kappa shape index (κ2) is 10.3. The van der Waals surface area contributed by atoms with Crippen LogP contribution in [-0.2, 0) is 4.79 Å². The molecule has 0 aliphatic carbocycles. The summed E-state index contributed by atoms with van der Waals surface area (Å²) < 4.78 is 78.8. The summed E-state index contributed by atoms with van der Waals surface area (Å²) in [7, 11) is 0. The second-order valence-corrected chi connectivity index (χ2v) is 6.53. The van der Waals surface area contributed by atoms with Gasteiger partial charge in [-0.3, -0.25) is 4.79 Å². The van der Waals surface area contributed by atoms with Gasteiger partial charge in [0.15, 0.2) is 0 Å². The van der Waals surface area contributed by atoms with E-state index in [-0.39, 0.29) is 20.0 Å². The van der Waals surface area contributed by atoms with Crippen LogP contribution in [0.15, 0.2) is 0 Å². The van der Waals surface area contributed by atoms with Crippen molar-refractivity contribution in [2.45, 2.75) is 84.5 Å². The monoisotopic (exact) mass is 377 g/mol. The number of hydrogen-bond donors (Lipinski definition) is 0. The van der Waals surface area contributed by atoms with Crippen LogP contribution in [-0.4, -0.2) is 36.2 Å². The Labute approximate surface area is 145 Å². The van der Waals surface area contributed by atoms with E-state index in [2.05, 4.69) is 0 Å². The van der Waals surface area contributed by atoms with Crippen LogP contribution in [0.4, 0.5) is 26.3 Å². The molecular weight excluding hydrogens is 348 g/mol. The van der Waals surface area contributed by atoms with Crippen LogP contribution >= 0.6 is 0 Å². The van der Waals surface area contributed by atoms with Crippen molar-refractivity contribution in [3.63, 3.8) is 0 Å². The van der Waals surface area contributed by atoms with Crippen molar-refractivity contribution in [3.05, 3.63) is 0 Å². The highest BCUT2D eigenvalue weighted by Gasteiger charge is 2.73. The number of carbonyl (C=O) groups excluding carboxylic acids is 1. The first-order chi connectivity index (χ1) is 11.4. The normalized spacial score (nSPS) is 13.2. The Hall–Kier alpha value is -0.950. The maximum absolute atomic E-state index is 13.1. The molecule has 0 heterocycles. The van der Waals surface area contributed by atoms with E-state index >= 15 is 0 Å². The minimum Gasteiger partial charge on any atom is -0.342 e. The molecule has 0 aromatic heterocycles. The summed E-state index contributed by atoms with van der Waals surface area (Å²) in [5.74, 6) is -1.89. The van der Waals surface area contributed by atoms with E-state index < -0.39 is 23.7 Å². The zero-order valence-corrected chi connectivity index (χ0v) is 15.2. The highest BCUT2D eigenvalue weighted by molar-refractivity contribution is 5.84. The van der Waals surface area contributed by atoms with Crippen LogP contribution in [0, 0.1) is 5.41 Å². The first-order valence-corrected chi connectivity index (χ1v) is 8.86. The standard InChI is InChI=1S/C17H29F6NO/c1-4-6-8-10-12-24(13-11-9-7-5-2)14(25)15(3,16(18,19)20)17(21,22)23/h4-13H2,1-3H3. The molecule has 0 aliphatic heterocycles. The molecule has 0 saturated carbocycles. The highest BCUT2D eigenvalue weighted by atomic mass is 19.4. The van der Waals surface area contributed by atoms with Crippen LogP contribution in [0.2, 0.25) is 0 Å². The summed E-state index contributed by atoms with van der Waals surface area (Å²) in [5, 5.41) is 0. The fraction of sp³-hybridized carbons (Fsp3) is 0.941. The number of unbranched alkanes of at least 4 members (excludes halogenated alkanes) is 6. The molecular formula is C17H29F6NO. The van der Waals surface area contributed by atoms with Gasteiger partial charge in [-0.05, 0) is 19.8 Å². The molecule has 0 aliphatic rings. The average molecular weight is 377 g/mol. The molecule has 0 N–H and O–H groups in total. The van der Waals surface area contributed by atoms with E-state index in [9.17, 15) is 31.1 Å². The summed E-state index contributed by atoms with van der Waals surface area (Å²) in [5.41, 5.74) is -4.37. The van der Waals surface area contributed by atoms with Gasteiger partial charge in [0, 0.05) is 13.1 Å². The molecule has 0 radical (unpaired) electrons. The zero-order valence-electron chi connectivity index (χ0n) is 15.2. The third-order valence-electron chi connectivity index (χ3n) is 4.41. The van der Waals surface area contributed by atoms with Gasteiger partial charge in [0.2, 0.25) is 11.3 Å². The van der Waals surface area contributed by atoms with Crippen molar-refractivity contribution >= 4 is 5.91 Å². The molecule has 8 heteroatoms. The van der Waals surface area contributed by atoms with E-state index in [4.69, 9.17) is 0 Å². The number of rotatable bonds is 11. The Morgan fingerprint density at radius 1 is 0.720 bits per heavy atom. The molecule has 0 spiro atoms. The zero-order chi connectivity index (χ0) is 19.7. The molecule has 0 saturated heterocycles. The van der Waals surface area contributed by atoms with Gasteiger partial charge in [-0.25, -0.2) is 0 Å². The number of alkyl halides is 6. The average Bonchev–Trinajstić information content (AvgIpc) is 2.49. The van der Waals surface area contributed by atoms with E-state index in [1.54, 1.807) is 0 Å². The highest BCUT2D eigenvalue weighted by Crippen LogP contribution is 2.51. The van der Waals surface area contributed by atoms with E-state index in [1.807, 2.05) is 13.8 Å². The predicted molar refractivity (Wildman–Crippen MR) is 85.1 cm³/mol. The largest absolute Gasteiger partial charge is 0.411 e.